The van der Waals surface area contributed by atoms with E-state index in [-0.39, 0.29) is 18.3 Å². The van der Waals surface area contributed by atoms with Gasteiger partial charge >= 0.3 is 0 Å². The molecule has 2 aliphatic rings. The summed E-state index contributed by atoms with van der Waals surface area (Å²) in [6.45, 7) is 2.48. The number of benzene rings is 2. The van der Waals surface area contributed by atoms with E-state index < -0.39 is 5.54 Å². The SMILES string of the molecule is Cl.O=C1N(CCc2ccccc2)c2ccccc2NC12CCNCC2. The number of carbonyl (C=O) groups excluding carboxylic acids is 1. The number of nitrogens with zero attached hydrogens (tertiary/aromatic N) is 1. The summed E-state index contributed by atoms with van der Waals surface area (Å²) in [5.41, 5.74) is 2.89. The molecule has 5 heteroatoms. The third kappa shape index (κ3) is 3.37. The standard InChI is InChI=1S/C20H23N3O.ClH/c24-19-20(11-13-21-14-12-20)22-17-8-4-5-9-18(17)23(19)15-10-16-6-2-1-3-7-16;/h1-9,21-22H,10-15H2;1H. The highest BCUT2D eigenvalue weighted by Gasteiger charge is 2.46. The van der Waals surface area contributed by atoms with Crippen LogP contribution >= 0.6 is 12.4 Å². The molecule has 4 nitrogen and oxygen atoms in total. The second-order valence-electron chi connectivity index (χ2n) is 6.67. The predicted octanol–water partition coefficient (Wildman–Crippen LogP) is 3.23. The molecule has 2 aliphatic heterocycles. The van der Waals surface area contributed by atoms with Crippen molar-refractivity contribution in [2.24, 2.45) is 0 Å². The zero-order valence-corrected chi connectivity index (χ0v) is 15.0. The van der Waals surface area contributed by atoms with Gasteiger partial charge in [-0.25, -0.2) is 0 Å². The average molecular weight is 358 g/mol. The van der Waals surface area contributed by atoms with E-state index in [0.717, 1.165) is 50.3 Å². The summed E-state index contributed by atoms with van der Waals surface area (Å²) in [6, 6.07) is 18.5. The smallest absolute Gasteiger partial charge is 0.252 e. The lowest BCUT2D eigenvalue weighted by molar-refractivity contribution is -0.124. The number of fused-ring (bicyclic) bond motifs is 1. The van der Waals surface area contributed by atoms with E-state index in [1.165, 1.54) is 5.56 Å². The Hall–Kier alpha value is -2.04. The summed E-state index contributed by atoms with van der Waals surface area (Å²) >= 11 is 0. The number of rotatable bonds is 3. The van der Waals surface area contributed by atoms with E-state index in [9.17, 15) is 4.79 Å². The Morgan fingerprint density at radius 3 is 2.40 bits per heavy atom. The zero-order valence-electron chi connectivity index (χ0n) is 14.2. The third-order valence-corrected chi connectivity index (χ3v) is 5.15. The van der Waals surface area contributed by atoms with Gasteiger partial charge in [-0.3, -0.25) is 4.79 Å². The molecule has 1 fully saturated rings. The molecule has 2 aromatic rings. The lowest BCUT2D eigenvalue weighted by atomic mass is 9.84. The molecule has 0 saturated carbocycles. The number of anilines is 2. The second kappa shape index (κ2) is 7.46. The van der Waals surface area contributed by atoms with Crippen molar-refractivity contribution in [3.8, 4) is 0 Å². The number of amides is 1. The molecular formula is C20H24ClN3O. The van der Waals surface area contributed by atoms with Crippen molar-refractivity contribution < 1.29 is 4.79 Å². The van der Waals surface area contributed by atoms with Crippen LogP contribution in [0.5, 0.6) is 0 Å². The lowest BCUT2D eigenvalue weighted by Crippen LogP contribution is -2.61. The fourth-order valence-corrected chi connectivity index (χ4v) is 3.79. The molecule has 1 saturated heterocycles. The minimum absolute atomic E-state index is 0. The Kier molecular flexibility index (Phi) is 5.30. The minimum Gasteiger partial charge on any atom is -0.369 e. The number of carbonyl (C=O) groups is 1. The molecule has 132 valence electrons. The van der Waals surface area contributed by atoms with Crippen molar-refractivity contribution in [2.45, 2.75) is 24.8 Å². The van der Waals surface area contributed by atoms with E-state index in [1.807, 2.05) is 29.2 Å². The molecular weight excluding hydrogens is 334 g/mol. The van der Waals surface area contributed by atoms with Gasteiger partial charge in [0.05, 0.1) is 11.4 Å². The van der Waals surface area contributed by atoms with Crippen LogP contribution in [-0.4, -0.2) is 31.1 Å². The van der Waals surface area contributed by atoms with E-state index in [4.69, 9.17) is 0 Å². The lowest BCUT2D eigenvalue weighted by Gasteiger charge is -2.46. The topological polar surface area (TPSA) is 44.4 Å². The van der Waals surface area contributed by atoms with Crippen LogP contribution in [0, 0.1) is 0 Å². The number of hydrogen-bond donors (Lipinski definition) is 2. The molecule has 1 spiro atoms. The van der Waals surface area contributed by atoms with Crippen molar-refractivity contribution in [3.05, 3.63) is 60.2 Å². The van der Waals surface area contributed by atoms with Crippen molar-refractivity contribution >= 4 is 29.7 Å². The highest BCUT2D eigenvalue weighted by molar-refractivity contribution is 6.08. The third-order valence-electron chi connectivity index (χ3n) is 5.15. The maximum absolute atomic E-state index is 13.3. The van der Waals surface area contributed by atoms with Gasteiger partial charge in [-0.1, -0.05) is 42.5 Å². The Morgan fingerprint density at radius 1 is 0.960 bits per heavy atom. The number of para-hydroxylation sites is 2. The fraction of sp³-hybridized carbons (Fsp3) is 0.350. The number of piperidine rings is 1. The largest absolute Gasteiger partial charge is 0.369 e. The molecule has 0 aliphatic carbocycles. The van der Waals surface area contributed by atoms with E-state index >= 15 is 0 Å². The van der Waals surface area contributed by atoms with Gasteiger partial charge in [0.15, 0.2) is 0 Å². The van der Waals surface area contributed by atoms with Gasteiger partial charge in [0, 0.05) is 6.54 Å². The van der Waals surface area contributed by atoms with E-state index in [2.05, 4.69) is 41.0 Å². The van der Waals surface area contributed by atoms with Crippen molar-refractivity contribution in [1.82, 2.24) is 5.32 Å². The second-order valence-corrected chi connectivity index (χ2v) is 6.67. The van der Waals surface area contributed by atoms with Crippen LogP contribution in [0.25, 0.3) is 0 Å². The van der Waals surface area contributed by atoms with E-state index in [0.29, 0.717) is 0 Å². The van der Waals surface area contributed by atoms with Gasteiger partial charge in [0.25, 0.3) is 5.91 Å². The molecule has 2 heterocycles. The molecule has 25 heavy (non-hydrogen) atoms. The van der Waals surface area contributed by atoms with Crippen LogP contribution in [0.15, 0.2) is 54.6 Å². The van der Waals surface area contributed by atoms with Crippen LogP contribution in [0.2, 0.25) is 0 Å². The summed E-state index contributed by atoms with van der Waals surface area (Å²) in [5, 5.41) is 6.92. The first-order valence-corrected chi connectivity index (χ1v) is 8.72. The molecule has 0 radical (unpaired) electrons. The van der Waals surface area contributed by atoms with Gasteiger partial charge in [-0.2, -0.15) is 0 Å². The Bertz CT molecular complexity index is 729. The number of hydrogen-bond acceptors (Lipinski definition) is 3. The highest BCUT2D eigenvalue weighted by Crippen LogP contribution is 2.38. The zero-order chi connectivity index (χ0) is 16.4. The van der Waals surface area contributed by atoms with Crippen molar-refractivity contribution in [3.63, 3.8) is 0 Å². The quantitative estimate of drug-likeness (QED) is 0.886. The monoisotopic (exact) mass is 357 g/mol. The van der Waals surface area contributed by atoms with Crippen LogP contribution in [0.4, 0.5) is 11.4 Å². The summed E-state index contributed by atoms with van der Waals surface area (Å²) in [7, 11) is 0. The molecule has 0 unspecified atom stereocenters. The molecule has 1 amide bonds. The summed E-state index contributed by atoms with van der Waals surface area (Å²) in [5.74, 6) is 0.221. The molecule has 0 aromatic heterocycles. The summed E-state index contributed by atoms with van der Waals surface area (Å²) < 4.78 is 0. The van der Waals surface area contributed by atoms with Gasteiger partial charge < -0.3 is 15.5 Å². The van der Waals surface area contributed by atoms with Gasteiger partial charge in [0.2, 0.25) is 0 Å². The molecule has 4 rings (SSSR count). The highest BCUT2D eigenvalue weighted by atomic mass is 35.5. The van der Waals surface area contributed by atoms with Crippen LogP contribution in [-0.2, 0) is 11.2 Å². The van der Waals surface area contributed by atoms with Crippen LogP contribution < -0.4 is 15.5 Å². The van der Waals surface area contributed by atoms with Crippen molar-refractivity contribution in [2.75, 3.05) is 29.9 Å². The normalized spacial score (nSPS) is 18.2. The predicted molar refractivity (Wildman–Crippen MR) is 105 cm³/mol. The first kappa shape index (κ1) is 17.8. The molecule has 0 bridgehead atoms. The molecule has 2 N–H and O–H groups in total. The Labute approximate surface area is 155 Å². The minimum atomic E-state index is -0.448. The number of halogens is 1. The van der Waals surface area contributed by atoms with E-state index in [1.54, 1.807) is 0 Å². The first-order valence-electron chi connectivity index (χ1n) is 8.72. The fourth-order valence-electron chi connectivity index (χ4n) is 3.79. The van der Waals surface area contributed by atoms with Gasteiger partial charge in [-0.05, 0) is 50.0 Å². The van der Waals surface area contributed by atoms with Crippen molar-refractivity contribution in [1.29, 1.82) is 0 Å². The Balaban J connectivity index is 0.00000182. The van der Waals surface area contributed by atoms with Crippen LogP contribution in [0.1, 0.15) is 18.4 Å². The molecule has 2 aromatic carbocycles. The summed E-state index contributed by atoms with van der Waals surface area (Å²) in [4.78, 5) is 15.3. The molecule has 0 atom stereocenters. The maximum Gasteiger partial charge on any atom is 0.252 e. The van der Waals surface area contributed by atoms with Crippen LogP contribution in [0.3, 0.4) is 0 Å². The first-order chi connectivity index (χ1) is 11.8. The maximum atomic E-state index is 13.3. The Morgan fingerprint density at radius 2 is 1.64 bits per heavy atom. The van der Waals surface area contributed by atoms with Gasteiger partial charge in [-0.15, -0.1) is 12.4 Å². The summed E-state index contributed by atoms with van der Waals surface area (Å²) in [6.07, 6.45) is 2.54. The van der Waals surface area contributed by atoms with Gasteiger partial charge in [0.1, 0.15) is 5.54 Å². The number of nitrogens with one attached hydrogen (secondary N) is 2. The average Bonchev–Trinajstić information content (AvgIpc) is 2.64.